The second-order valence-electron chi connectivity index (χ2n) is 5.22. The van der Waals surface area contributed by atoms with E-state index in [1.165, 1.54) is 0 Å². The van der Waals surface area contributed by atoms with E-state index in [0.717, 1.165) is 24.2 Å². The van der Waals surface area contributed by atoms with E-state index in [4.69, 9.17) is 4.74 Å². The zero-order valence-electron chi connectivity index (χ0n) is 12.3. The number of benzene rings is 1. The molecule has 0 spiro atoms. The number of nitrogens with zero attached hydrogens (tertiary/aromatic N) is 2. The van der Waals surface area contributed by atoms with Gasteiger partial charge in [0.25, 0.3) is 0 Å². The van der Waals surface area contributed by atoms with Crippen molar-refractivity contribution in [1.29, 1.82) is 0 Å². The Hall–Kier alpha value is -1.81. The standard InChI is InChI=1S/C16H22N2O2/c1-4-10-18-15(14(20-3)12-17-18)16(2,19)11-13-8-6-5-7-9-13/h5-9,12,19H,4,10-11H2,1-3H3. The van der Waals surface area contributed by atoms with Crippen molar-refractivity contribution in [1.82, 2.24) is 9.78 Å². The molecule has 1 aromatic heterocycles. The van der Waals surface area contributed by atoms with Crippen molar-refractivity contribution in [2.45, 2.75) is 38.8 Å². The van der Waals surface area contributed by atoms with Crippen molar-refractivity contribution in [2.75, 3.05) is 7.11 Å². The number of aromatic nitrogens is 2. The fraction of sp³-hybridized carbons (Fsp3) is 0.438. The van der Waals surface area contributed by atoms with Gasteiger partial charge in [0.05, 0.1) is 13.3 Å². The van der Waals surface area contributed by atoms with Crippen molar-refractivity contribution in [3.05, 3.63) is 47.8 Å². The Bertz CT molecular complexity index is 547. The van der Waals surface area contributed by atoms with E-state index < -0.39 is 5.60 Å². The molecule has 2 rings (SSSR count). The van der Waals surface area contributed by atoms with Gasteiger partial charge in [-0.25, -0.2) is 0 Å². The first-order chi connectivity index (χ1) is 9.58. The van der Waals surface area contributed by atoms with Gasteiger partial charge in [-0.2, -0.15) is 5.10 Å². The zero-order chi connectivity index (χ0) is 14.6. The average molecular weight is 274 g/mol. The first-order valence-electron chi connectivity index (χ1n) is 6.95. The molecule has 1 N–H and O–H groups in total. The molecule has 0 bridgehead atoms. The Balaban J connectivity index is 2.34. The van der Waals surface area contributed by atoms with Gasteiger partial charge in [-0.05, 0) is 18.9 Å². The predicted molar refractivity (Wildman–Crippen MR) is 78.8 cm³/mol. The third-order valence-electron chi connectivity index (χ3n) is 3.36. The highest BCUT2D eigenvalue weighted by molar-refractivity contribution is 5.32. The quantitative estimate of drug-likeness (QED) is 0.881. The van der Waals surface area contributed by atoms with Crippen molar-refractivity contribution < 1.29 is 9.84 Å². The van der Waals surface area contributed by atoms with Crippen LogP contribution in [0.2, 0.25) is 0 Å². The first kappa shape index (κ1) is 14.6. The number of hydrogen-bond donors (Lipinski definition) is 1. The molecule has 0 aliphatic rings. The van der Waals surface area contributed by atoms with Gasteiger partial charge in [-0.15, -0.1) is 0 Å². The Kier molecular flexibility index (Phi) is 4.45. The average Bonchev–Trinajstić information content (AvgIpc) is 2.83. The minimum absolute atomic E-state index is 0.527. The van der Waals surface area contributed by atoms with E-state index in [2.05, 4.69) is 12.0 Å². The van der Waals surface area contributed by atoms with Crippen LogP contribution in [0.15, 0.2) is 36.5 Å². The van der Waals surface area contributed by atoms with Gasteiger partial charge in [-0.3, -0.25) is 4.68 Å². The van der Waals surface area contributed by atoms with Gasteiger partial charge < -0.3 is 9.84 Å². The maximum Gasteiger partial charge on any atom is 0.162 e. The van der Waals surface area contributed by atoms with Crippen LogP contribution in [0, 0.1) is 0 Å². The summed E-state index contributed by atoms with van der Waals surface area (Å²) in [4.78, 5) is 0. The largest absolute Gasteiger partial charge is 0.493 e. The van der Waals surface area contributed by atoms with Gasteiger partial charge in [0.2, 0.25) is 0 Å². The van der Waals surface area contributed by atoms with E-state index >= 15 is 0 Å². The van der Waals surface area contributed by atoms with Crippen LogP contribution in [-0.2, 0) is 18.6 Å². The van der Waals surface area contributed by atoms with Crippen LogP contribution >= 0.6 is 0 Å². The maximum atomic E-state index is 10.9. The molecule has 0 saturated carbocycles. The van der Waals surface area contributed by atoms with E-state index in [0.29, 0.717) is 12.2 Å². The Morgan fingerprint density at radius 2 is 2.00 bits per heavy atom. The third-order valence-corrected chi connectivity index (χ3v) is 3.36. The van der Waals surface area contributed by atoms with Crippen LogP contribution in [0.5, 0.6) is 5.75 Å². The topological polar surface area (TPSA) is 47.3 Å². The van der Waals surface area contributed by atoms with Gasteiger partial charge in [0.15, 0.2) is 5.75 Å². The molecule has 0 fully saturated rings. The van der Waals surface area contributed by atoms with E-state index in [1.54, 1.807) is 13.3 Å². The molecular formula is C16H22N2O2. The summed E-state index contributed by atoms with van der Waals surface area (Å²) in [5, 5.41) is 15.2. The second-order valence-corrected chi connectivity index (χ2v) is 5.22. The predicted octanol–water partition coefficient (Wildman–Crippen LogP) is 2.75. The van der Waals surface area contributed by atoms with Gasteiger partial charge >= 0.3 is 0 Å². The molecule has 0 aliphatic carbocycles. The summed E-state index contributed by atoms with van der Waals surface area (Å²) < 4.78 is 7.19. The van der Waals surface area contributed by atoms with E-state index in [1.807, 2.05) is 41.9 Å². The third kappa shape index (κ3) is 3.02. The number of aliphatic hydroxyl groups is 1. The van der Waals surface area contributed by atoms with Crippen LogP contribution < -0.4 is 4.74 Å². The lowest BCUT2D eigenvalue weighted by molar-refractivity contribution is 0.0451. The molecule has 1 unspecified atom stereocenters. The van der Waals surface area contributed by atoms with Gasteiger partial charge in [-0.1, -0.05) is 37.3 Å². The van der Waals surface area contributed by atoms with E-state index in [-0.39, 0.29) is 0 Å². The first-order valence-corrected chi connectivity index (χ1v) is 6.95. The molecule has 0 amide bonds. The molecule has 0 aliphatic heterocycles. The lowest BCUT2D eigenvalue weighted by Gasteiger charge is -2.25. The van der Waals surface area contributed by atoms with Crippen LogP contribution in [0.4, 0.5) is 0 Å². The molecule has 2 aromatic rings. The summed E-state index contributed by atoms with van der Waals surface area (Å²) in [5.74, 6) is 0.638. The fourth-order valence-electron chi connectivity index (χ4n) is 2.52. The molecule has 4 heteroatoms. The minimum Gasteiger partial charge on any atom is -0.493 e. The minimum atomic E-state index is -1.02. The fourth-order valence-corrected chi connectivity index (χ4v) is 2.52. The van der Waals surface area contributed by atoms with Gasteiger partial charge in [0.1, 0.15) is 11.3 Å². The van der Waals surface area contributed by atoms with Crippen molar-refractivity contribution in [2.24, 2.45) is 0 Å². The van der Waals surface area contributed by atoms with Gasteiger partial charge in [0, 0.05) is 13.0 Å². The summed E-state index contributed by atoms with van der Waals surface area (Å²) in [6, 6.07) is 9.96. The van der Waals surface area contributed by atoms with Crippen LogP contribution in [-0.4, -0.2) is 22.0 Å². The summed E-state index contributed by atoms with van der Waals surface area (Å²) in [5.41, 5.74) is 0.813. The Labute approximate surface area is 120 Å². The highest BCUT2D eigenvalue weighted by atomic mass is 16.5. The molecular weight excluding hydrogens is 252 g/mol. The zero-order valence-corrected chi connectivity index (χ0v) is 12.3. The molecule has 0 saturated heterocycles. The molecule has 1 aromatic carbocycles. The number of hydrogen-bond acceptors (Lipinski definition) is 3. The summed E-state index contributed by atoms with van der Waals surface area (Å²) in [7, 11) is 1.61. The molecule has 108 valence electrons. The normalized spacial score (nSPS) is 14.0. The van der Waals surface area contributed by atoms with Crippen LogP contribution in [0.1, 0.15) is 31.5 Å². The lowest BCUT2D eigenvalue weighted by atomic mass is 9.92. The molecule has 1 heterocycles. The monoisotopic (exact) mass is 274 g/mol. The van der Waals surface area contributed by atoms with Crippen LogP contribution in [0.25, 0.3) is 0 Å². The van der Waals surface area contributed by atoms with Crippen molar-refractivity contribution >= 4 is 0 Å². The Morgan fingerprint density at radius 3 is 2.60 bits per heavy atom. The number of rotatable bonds is 6. The smallest absolute Gasteiger partial charge is 0.162 e. The Morgan fingerprint density at radius 1 is 1.30 bits per heavy atom. The lowest BCUT2D eigenvalue weighted by Crippen LogP contribution is -2.29. The molecule has 20 heavy (non-hydrogen) atoms. The summed E-state index contributed by atoms with van der Waals surface area (Å²) >= 11 is 0. The molecule has 0 radical (unpaired) electrons. The van der Waals surface area contributed by atoms with E-state index in [9.17, 15) is 5.11 Å². The van der Waals surface area contributed by atoms with Crippen molar-refractivity contribution in [3.63, 3.8) is 0 Å². The number of methoxy groups -OCH3 is 1. The highest BCUT2D eigenvalue weighted by Crippen LogP contribution is 2.32. The number of ether oxygens (including phenoxy) is 1. The SMILES string of the molecule is CCCn1ncc(OC)c1C(C)(O)Cc1ccccc1. The maximum absolute atomic E-state index is 10.9. The summed E-state index contributed by atoms with van der Waals surface area (Å²) in [6.07, 6.45) is 3.16. The summed E-state index contributed by atoms with van der Waals surface area (Å²) in [6.45, 7) is 4.67. The highest BCUT2D eigenvalue weighted by Gasteiger charge is 2.31. The van der Waals surface area contributed by atoms with Crippen LogP contribution in [0.3, 0.4) is 0 Å². The second kappa shape index (κ2) is 6.09. The van der Waals surface area contributed by atoms with Crippen molar-refractivity contribution in [3.8, 4) is 5.75 Å². The molecule has 4 nitrogen and oxygen atoms in total. The number of aryl methyl sites for hydroxylation is 1. The molecule has 1 atom stereocenters.